The average molecular weight is 283 g/mol. The van der Waals surface area contributed by atoms with Crippen molar-refractivity contribution in [1.82, 2.24) is 14.8 Å². The summed E-state index contributed by atoms with van der Waals surface area (Å²) >= 11 is 0. The van der Waals surface area contributed by atoms with Gasteiger partial charge in [0.25, 0.3) is 5.82 Å². The molecule has 1 aromatic carbocycles. The monoisotopic (exact) mass is 283 g/mol. The molecule has 0 aliphatic rings. The minimum absolute atomic E-state index is 0.0604. The molecule has 20 heavy (non-hydrogen) atoms. The molecule has 0 amide bonds. The number of nitrogens with zero attached hydrogens (tertiary/aromatic N) is 3. The molecule has 0 bridgehead atoms. The fourth-order valence-corrected chi connectivity index (χ4v) is 1.57. The third-order valence-electron chi connectivity index (χ3n) is 2.59. The molecule has 1 heterocycles. The lowest BCUT2D eigenvalue weighted by molar-refractivity contribution is 0.0585. The van der Waals surface area contributed by atoms with Crippen molar-refractivity contribution in [3.63, 3.8) is 0 Å². The second-order valence-corrected chi connectivity index (χ2v) is 3.97. The van der Waals surface area contributed by atoms with Gasteiger partial charge >= 0.3 is 5.97 Å². The number of carbonyl (C=O) groups excluding carboxylic acids is 1. The smallest absolute Gasteiger partial charge is 0.377 e. The number of hydrogen-bond donors (Lipinski definition) is 1. The zero-order valence-electron chi connectivity index (χ0n) is 10.5. The van der Waals surface area contributed by atoms with Crippen LogP contribution < -0.4 is 0 Å². The second kappa shape index (κ2) is 5.74. The quantitative estimate of drug-likeness (QED) is 0.849. The third kappa shape index (κ3) is 2.97. The predicted molar refractivity (Wildman–Crippen MR) is 62.7 cm³/mol. The van der Waals surface area contributed by atoms with Crippen LogP contribution >= 0.6 is 0 Å². The summed E-state index contributed by atoms with van der Waals surface area (Å²) < 4.78 is 31.5. The summed E-state index contributed by atoms with van der Waals surface area (Å²) in [6.07, 6.45) is 0.118. The molecule has 1 atom stereocenters. The SMILES string of the molecule is COC(=O)c1ncn(CC(O)c2ccc(F)c(F)c2)n1. The number of aromatic nitrogens is 3. The van der Waals surface area contributed by atoms with Crippen LogP contribution in [0.2, 0.25) is 0 Å². The maximum Gasteiger partial charge on any atom is 0.377 e. The van der Waals surface area contributed by atoms with Gasteiger partial charge in [0, 0.05) is 0 Å². The topological polar surface area (TPSA) is 77.2 Å². The van der Waals surface area contributed by atoms with Crippen molar-refractivity contribution >= 4 is 5.97 Å². The normalized spacial score (nSPS) is 12.2. The molecule has 6 nitrogen and oxygen atoms in total. The molecule has 1 N–H and O–H groups in total. The highest BCUT2D eigenvalue weighted by molar-refractivity contribution is 5.84. The van der Waals surface area contributed by atoms with E-state index in [-0.39, 0.29) is 17.9 Å². The van der Waals surface area contributed by atoms with Crippen molar-refractivity contribution in [3.05, 3.63) is 47.5 Å². The zero-order chi connectivity index (χ0) is 14.7. The van der Waals surface area contributed by atoms with Gasteiger partial charge in [-0.05, 0) is 17.7 Å². The molecule has 1 unspecified atom stereocenters. The highest BCUT2D eigenvalue weighted by Gasteiger charge is 2.15. The lowest BCUT2D eigenvalue weighted by Gasteiger charge is -2.10. The van der Waals surface area contributed by atoms with Crippen molar-refractivity contribution in [2.45, 2.75) is 12.6 Å². The van der Waals surface area contributed by atoms with E-state index in [1.54, 1.807) is 0 Å². The van der Waals surface area contributed by atoms with Crippen LogP contribution in [-0.2, 0) is 11.3 Å². The van der Waals surface area contributed by atoms with Gasteiger partial charge in [-0.3, -0.25) is 0 Å². The van der Waals surface area contributed by atoms with Gasteiger partial charge in [0.1, 0.15) is 6.33 Å². The maximum atomic E-state index is 13.1. The van der Waals surface area contributed by atoms with Crippen LogP contribution in [0.1, 0.15) is 22.3 Å². The van der Waals surface area contributed by atoms with Gasteiger partial charge in [-0.2, -0.15) is 0 Å². The van der Waals surface area contributed by atoms with Crippen LogP contribution in [0.25, 0.3) is 0 Å². The Kier molecular flexibility index (Phi) is 4.04. The number of benzene rings is 1. The van der Waals surface area contributed by atoms with Gasteiger partial charge in [0.2, 0.25) is 0 Å². The van der Waals surface area contributed by atoms with E-state index in [0.29, 0.717) is 0 Å². The number of aliphatic hydroxyl groups excluding tert-OH is 1. The number of methoxy groups -OCH3 is 1. The Morgan fingerprint density at radius 1 is 1.45 bits per heavy atom. The Morgan fingerprint density at radius 3 is 2.85 bits per heavy atom. The first-order valence-electron chi connectivity index (χ1n) is 5.62. The van der Waals surface area contributed by atoms with Crippen LogP contribution in [-0.4, -0.2) is 33.0 Å². The van der Waals surface area contributed by atoms with Crippen LogP contribution in [0.3, 0.4) is 0 Å². The second-order valence-electron chi connectivity index (χ2n) is 3.97. The lowest BCUT2D eigenvalue weighted by atomic mass is 10.1. The molecule has 2 aromatic rings. The Labute approximate surface area is 112 Å². The minimum Gasteiger partial charge on any atom is -0.463 e. The molecule has 106 valence electrons. The minimum atomic E-state index is -1.11. The molecule has 0 radical (unpaired) electrons. The molecule has 0 aliphatic heterocycles. The first-order chi connectivity index (χ1) is 9.51. The van der Waals surface area contributed by atoms with Gasteiger partial charge in [-0.25, -0.2) is 23.2 Å². The Balaban J connectivity index is 2.10. The number of aliphatic hydroxyl groups is 1. The fraction of sp³-hybridized carbons (Fsp3) is 0.250. The molecular weight excluding hydrogens is 272 g/mol. The average Bonchev–Trinajstić information content (AvgIpc) is 2.89. The first-order valence-corrected chi connectivity index (χ1v) is 5.62. The van der Waals surface area contributed by atoms with Crippen LogP contribution in [0.5, 0.6) is 0 Å². The molecule has 0 saturated heterocycles. The van der Waals surface area contributed by atoms with Gasteiger partial charge in [0.15, 0.2) is 11.6 Å². The molecule has 1 aromatic heterocycles. The van der Waals surface area contributed by atoms with Crippen molar-refractivity contribution in [1.29, 1.82) is 0 Å². The Bertz CT molecular complexity index is 630. The fourth-order valence-electron chi connectivity index (χ4n) is 1.57. The molecule has 2 rings (SSSR count). The standard InChI is InChI=1S/C12H11F2N3O3/c1-20-12(19)11-15-6-17(16-11)5-10(18)7-2-3-8(13)9(14)4-7/h2-4,6,10,18H,5H2,1H3. The molecule has 0 fully saturated rings. The Morgan fingerprint density at radius 2 is 2.20 bits per heavy atom. The number of halogens is 2. The summed E-state index contributed by atoms with van der Waals surface area (Å²) in [5, 5.41) is 13.7. The summed E-state index contributed by atoms with van der Waals surface area (Å²) in [6.45, 7) is -0.0604. The van der Waals surface area contributed by atoms with E-state index in [0.717, 1.165) is 12.1 Å². The van der Waals surface area contributed by atoms with E-state index in [4.69, 9.17) is 0 Å². The number of hydrogen-bond acceptors (Lipinski definition) is 5. The van der Waals surface area contributed by atoms with Gasteiger partial charge in [0.05, 0.1) is 19.8 Å². The molecular formula is C12H11F2N3O3. The van der Waals surface area contributed by atoms with E-state index in [9.17, 15) is 18.7 Å². The number of carbonyl (C=O) groups is 1. The summed E-state index contributed by atoms with van der Waals surface area (Å²) in [7, 11) is 1.19. The lowest BCUT2D eigenvalue weighted by Crippen LogP contribution is -2.11. The van der Waals surface area contributed by atoms with E-state index >= 15 is 0 Å². The molecule has 8 heteroatoms. The highest BCUT2D eigenvalue weighted by Crippen LogP contribution is 2.17. The van der Waals surface area contributed by atoms with Gasteiger partial charge in [-0.1, -0.05) is 6.07 Å². The van der Waals surface area contributed by atoms with Crippen molar-refractivity contribution in [2.75, 3.05) is 7.11 Å². The predicted octanol–water partition coefficient (Wildman–Crippen LogP) is 1.08. The van der Waals surface area contributed by atoms with Gasteiger partial charge < -0.3 is 9.84 Å². The first kappa shape index (κ1) is 14.1. The zero-order valence-corrected chi connectivity index (χ0v) is 10.5. The number of esters is 1. The maximum absolute atomic E-state index is 13.1. The van der Waals surface area contributed by atoms with Crippen LogP contribution in [0.4, 0.5) is 8.78 Å². The Hall–Kier alpha value is -2.35. The van der Waals surface area contributed by atoms with Crippen molar-refractivity contribution < 1.29 is 23.4 Å². The summed E-state index contributed by atoms with van der Waals surface area (Å²) in [5.41, 5.74) is 0.194. The van der Waals surface area contributed by atoms with E-state index in [1.807, 2.05) is 0 Å². The highest BCUT2D eigenvalue weighted by atomic mass is 19.2. The third-order valence-corrected chi connectivity index (χ3v) is 2.59. The molecule has 0 saturated carbocycles. The van der Waals surface area contributed by atoms with E-state index < -0.39 is 23.7 Å². The molecule has 0 spiro atoms. The summed E-state index contributed by atoms with van der Waals surface area (Å²) in [6, 6.07) is 3.09. The number of rotatable bonds is 4. The largest absolute Gasteiger partial charge is 0.463 e. The van der Waals surface area contributed by atoms with Crippen molar-refractivity contribution in [3.8, 4) is 0 Å². The van der Waals surface area contributed by atoms with Crippen LogP contribution in [0, 0.1) is 11.6 Å². The number of ether oxygens (including phenoxy) is 1. The van der Waals surface area contributed by atoms with Crippen molar-refractivity contribution in [2.24, 2.45) is 0 Å². The van der Waals surface area contributed by atoms with Gasteiger partial charge in [-0.15, -0.1) is 5.10 Å². The van der Waals surface area contributed by atoms with E-state index in [2.05, 4.69) is 14.8 Å². The summed E-state index contributed by atoms with van der Waals surface area (Å²) in [5.74, 6) is -2.89. The molecule has 0 aliphatic carbocycles. The van der Waals surface area contributed by atoms with E-state index in [1.165, 1.54) is 24.2 Å². The summed E-state index contributed by atoms with van der Waals surface area (Å²) in [4.78, 5) is 14.8. The van der Waals surface area contributed by atoms with Crippen LogP contribution in [0.15, 0.2) is 24.5 Å².